The van der Waals surface area contributed by atoms with E-state index < -0.39 is 0 Å². The Balaban J connectivity index is 2.76. The lowest BCUT2D eigenvalue weighted by Gasteiger charge is -2.20. The first kappa shape index (κ1) is 15.6. The summed E-state index contributed by atoms with van der Waals surface area (Å²) in [6, 6.07) is 5.50. The van der Waals surface area contributed by atoms with Crippen molar-refractivity contribution in [3.05, 3.63) is 34.1 Å². The molecular weight excluding hydrogens is 297 g/mol. The molecule has 0 aliphatic rings. The second-order valence-corrected chi connectivity index (χ2v) is 5.14. The third-order valence-electron chi connectivity index (χ3n) is 2.84. The second-order valence-electron chi connectivity index (χ2n) is 4.28. The lowest BCUT2D eigenvalue weighted by atomic mass is 10.0. The fourth-order valence-electron chi connectivity index (χ4n) is 1.91. The highest BCUT2D eigenvalue weighted by atomic mass is 79.9. The molecule has 2 nitrogen and oxygen atoms in total. The summed E-state index contributed by atoms with van der Waals surface area (Å²) in [7, 11) is 1.69. The first-order valence-corrected chi connectivity index (χ1v) is 7.16. The molecule has 0 saturated heterocycles. The molecule has 0 radical (unpaired) electrons. The van der Waals surface area contributed by atoms with Crippen molar-refractivity contribution in [2.75, 3.05) is 20.3 Å². The fourth-order valence-corrected chi connectivity index (χ4v) is 2.29. The summed E-state index contributed by atoms with van der Waals surface area (Å²) in [4.78, 5) is 0. The lowest BCUT2D eigenvalue weighted by Crippen LogP contribution is -2.23. The molecule has 18 heavy (non-hydrogen) atoms. The zero-order valence-corrected chi connectivity index (χ0v) is 12.6. The van der Waals surface area contributed by atoms with Gasteiger partial charge in [0, 0.05) is 25.3 Å². The Labute approximate surface area is 117 Å². The highest BCUT2D eigenvalue weighted by Gasteiger charge is 2.16. The molecule has 1 aromatic rings. The summed E-state index contributed by atoms with van der Waals surface area (Å²) < 4.78 is 19.6. The first-order valence-electron chi connectivity index (χ1n) is 6.37. The predicted octanol–water partition coefficient (Wildman–Crippen LogP) is 4.06. The van der Waals surface area contributed by atoms with Crippen LogP contribution < -0.4 is 5.32 Å². The van der Waals surface area contributed by atoms with E-state index in [9.17, 15) is 4.39 Å². The predicted molar refractivity (Wildman–Crippen MR) is 76.2 cm³/mol. The van der Waals surface area contributed by atoms with Crippen molar-refractivity contribution < 1.29 is 9.13 Å². The van der Waals surface area contributed by atoms with Crippen LogP contribution in [0.25, 0.3) is 0 Å². The van der Waals surface area contributed by atoms with Gasteiger partial charge in [-0.15, -0.1) is 0 Å². The van der Waals surface area contributed by atoms with E-state index in [1.54, 1.807) is 13.2 Å². The van der Waals surface area contributed by atoms with Crippen molar-refractivity contribution in [1.82, 2.24) is 5.32 Å². The van der Waals surface area contributed by atoms with Crippen LogP contribution >= 0.6 is 15.9 Å². The molecule has 0 aliphatic carbocycles. The molecule has 0 heterocycles. The van der Waals surface area contributed by atoms with Crippen LogP contribution in [0.5, 0.6) is 0 Å². The zero-order chi connectivity index (χ0) is 13.4. The standard InChI is InChI=1S/C14H21BrFNO/c1-3-9-17-13(8-5-10-18-2)11-6-4-7-12(15)14(11)16/h4,6-7,13,17H,3,5,8-10H2,1-2H3. The molecule has 0 saturated carbocycles. The Kier molecular flexibility index (Phi) is 7.47. The molecule has 0 amide bonds. The third kappa shape index (κ3) is 4.67. The summed E-state index contributed by atoms with van der Waals surface area (Å²) >= 11 is 3.24. The van der Waals surface area contributed by atoms with Gasteiger partial charge in [-0.3, -0.25) is 0 Å². The van der Waals surface area contributed by atoms with Gasteiger partial charge in [-0.05, 0) is 47.8 Å². The van der Waals surface area contributed by atoms with Gasteiger partial charge in [0.25, 0.3) is 0 Å². The fraction of sp³-hybridized carbons (Fsp3) is 0.571. The Morgan fingerprint density at radius 2 is 2.22 bits per heavy atom. The molecule has 4 heteroatoms. The maximum Gasteiger partial charge on any atom is 0.142 e. The Morgan fingerprint density at radius 3 is 2.89 bits per heavy atom. The molecule has 0 aliphatic heterocycles. The molecule has 102 valence electrons. The van der Waals surface area contributed by atoms with Crippen molar-refractivity contribution in [3.8, 4) is 0 Å². The van der Waals surface area contributed by atoms with Gasteiger partial charge in [-0.1, -0.05) is 19.1 Å². The Bertz CT molecular complexity index is 360. The number of halogens is 2. The molecule has 0 fully saturated rings. The Morgan fingerprint density at radius 1 is 1.44 bits per heavy atom. The maximum atomic E-state index is 14.1. The summed E-state index contributed by atoms with van der Waals surface area (Å²) in [5, 5.41) is 3.40. The van der Waals surface area contributed by atoms with Gasteiger partial charge in [0.15, 0.2) is 0 Å². The summed E-state index contributed by atoms with van der Waals surface area (Å²) in [6.45, 7) is 3.71. The van der Waals surface area contributed by atoms with E-state index in [2.05, 4.69) is 28.2 Å². The van der Waals surface area contributed by atoms with E-state index in [1.807, 2.05) is 12.1 Å². The molecule has 1 rings (SSSR count). The van der Waals surface area contributed by atoms with Crippen LogP contribution in [-0.4, -0.2) is 20.3 Å². The molecule has 0 bridgehead atoms. The van der Waals surface area contributed by atoms with E-state index in [0.29, 0.717) is 11.1 Å². The van der Waals surface area contributed by atoms with Gasteiger partial charge in [0.2, 0.25) is 0 Å². The zero-order valence-electron chi connectivity index (χ0n) is 11.0. The molecule has 1 unspecified atom stereocenters. The summed E-state index contributed by atoms with van der Waals surface area (Å²) in [6.07, 6.45) is 2.83. The second kappa shape index (κ2) is 8.62. The van der Waals surface area contributed by atoms with Crippen LogP contribution in [0.3, 0.4) is 0 Å². The van der Waals surface area contributed by atoms with E-state index in [-0.39, 0.29) is 11.9 Å². The van der Waals surface area contributed by atoms with Crippen LogP contribution in [0, 0.1) is 5.82 Å². The lowest BCUT2D eigenvalue weighted by molar-refractivity contribution is 0.188. The van der Waals surface area contributed by atoms with E-state index in [4.69, 9.17) is 4.74 Å². The van der Waals surface area contributed by atoms with E-state index in [1.165, 1.54) is 0 Å². The highest BCUT2D eigenvalue weighted by Crippen LogP contribution is 2.26. The molecule has 0 spiro atoms. The van der Waals surface area contributed by atoms with Crippen molar-refractivity contribution >= 4 is 15.9 Å². The average molecular weight is 318 g/mol. The van der Waals surface area contributed by atoms with Gasteiger partial charge in [0.1, 0.15) is 5.82 Å². The quantitative estimate of drug-likeness (QED) is 0.730. The number of methoxy groups -OCH3 is 1. The number of hydrogen-bond donors (Lipinski definition) is 1. The van der Waals surface area contributed by atoms with Gasteiger partial charge in [0.05, 0.1) is 4.47 Å². The van der Waals surface area contributed by atoms with Crippen molar-refractivity contribution in [1.29, 1.82) is 0 Å². The van der Waals surface area contributed by atoms with Crippen LogP contribution in [0.4, 0.5) is 4.39 Å². The number of benzene rings is 1. The van der Waals surface area contributed by atoms with Gasteiger partial charge >= 0.3 is 0 Å². The van der Waals surface area contributed by atoms with Crippen LogP contribution in [0.2, 0.25) is 0 Å². The number of ether oxygens (including phenoxy) is 1. The monoisotopic (exact) mass is 317 g/mol. The van der Waals surface area contributed by atoms with Crippen molar-refractivity contribution in [2.45, 2.75) is 32.2 Å². The molecular formula is C14H21BrFNO. The number of nitrogens with one attached hydrogen (secondary N) is 1. The Hall–Kier alpha value is -0.450. The van der Waals surface area contributed by atoms with Gasteiger partial charge < -0.3 is 10.1 Å². The highest BCUT2D eigenvalue weighted by molar-refractivity contribution is 9.10. The minimum absolute atomic E-state index is 0.0533. The summed E-state index contributed by atoms with van der Waals surface area (Å²) in [5.74, 6) is -0.163. The SMILES string of the molecule is CCCNC(CCCOC)c1cccc(Br)c1F. The van der Waals surface area contributed by atoms with Crippen LogP contribution in [0.15, 0.2) is 22.7 Å². The average Bonchev–Trinajstić information content (AvgIpc) is 2.37. The van der Waals surface area contributed by atoms with E-state index in [0.717, 1.165) is 31.4 Å². The third-order valence-corrected chi connectivity index (χ3v) is 3.45. The normalized spacial score (nSPS) is 12.7. The van der Waals surface area contributed by atoms with Crippen molar-refractivity contribution in [3.63, 3.8) is 0 Å². The minimum Gasteiger partial charge on any atom is -0.385 e. The minimum atomic E-state index is -0.163. The van der Waals surface area contributed by atoms with Gasteiger partial charge in [-0.2, -0.15) is 0 Å². The van der Waals surface area contributed by atoms with Gasteiger partial charge in [-0.25, -0.2) is 4.39 Å². The maximum absolute atomic E-state index is 14.1. The van der Waals surface area contributed by atoms with Crippen LogP contribution in [-0.2, 0) is 4.74 Å². The first-order chi connectivity index (χ1) is 8.70. The van der Waals surface area contributed by atoms with Crippen molar-refractivity contribution in [2.24, 2.45) is 0 Å². The smallest absolute Gasteiger partial charge is 0.142 e. The molecule has 1 aromatic carbocycles. The van der Waals surface area contributed by atoms with E-state index >= 15 is 0 Å². The molecule has 0 aromatic heterocycles. The number of rotatable bonds is 8. The molecule has 1 N–H and O–H groups in total. The summed E-state index contributed by atoms with van der Waals surface area (Å²) in [5.41, 5.74) is 0.730. The largest absolute Gasteiger partial charge is 0.385 e. The molecule has 1 atom stereocenters. The van der Waals surface area contributed by atoms with Crippen LogP contribution in [0.1, 0.15) is 37.8 Å². The topological polar surface area (TPSA) is 21.3 Å². The number of hydrogen-bond acceptors (Lipinski definition) is 2.